The molecule has 0 aromatic carbocycles. The Labute approximate surface area is 44.5 Å². The summed E-state index contributed by atoms with van der Waals surface area (Å²) in [6, 6.07) is 0.324. The predicted octanol–water partition coefficient (Wildman–Crippen LogP) is 0.339. The summed E-state index contributed by atoms with van der Waals surface area (Å²) in [7, 11) is 0. The fourth-order valence-corrected chi connectivity index (χ4v) is 0.268. The first-order chi connectivity index (χ1) is 3.31. The van der Waals surface area contributed by atoms with E-state index in [1.807, 2.05) is 13.8 Å². The Kier molecular flexibility index (Phi) is 4.04. The van der Waals surface area contributed by atoms with Gasteiger partial charge in [-0.1, -0.05) is 6.92 Å². The van der Waals surface area contributed by atoms with Crippen molar-refractivity contribution >= 4 is 0 Å². The molecule has 43 valence electrons. The van der Waals surface area contributed by atoms with Gasteiger partial charge in [-0.25, -0.2) is 5.32 Å². The molecule has 2 nitrogen and oxygen atoms in total. The molecule has 0 aliphatic heterocycles. The van der Waals surface area contributed by atoms with Gasteiger partial charge in [-0.05, 0) is 13.3 Å². The summed E-state index contributed by atoms with van der Waals surface area (Å²) in [6.45, 7) is 4.00. The first-order valence-electron chi connectivity index (χ1n) is 2.58. The molecule has 1 N–H and O–H groups in total. The molecule has 0 amide bonds. The average Bonchev–Trinajstić information content (AvgIpc) is 1.68. The van der Waals surface area contributed by atoms with E-state index >= 15 is 0 Å². The summed E-state index contributed by atoms with van der Waals surface area (Å²) < 4.78 is 0. The fraction of sp³-hybridized carbons (Fsp3) is 1.00. The minimum atomic E-state index is -0.0327. The first kappa shape index (κ1) is 6.92. The fourth-order valence-electron chi connectivity index (χ4n) is 0.268. The number of aliphatic hydroxyl groups excluding tert-OH is 1. The molecule has 0 aliphatic rings. The molecule has 7 heavy (non-hydrogen) atoms. The smallest absolute Gasteiger partial charge is 0.109 e. The van der Waals surface area contributed by atoms with Crippen molar-refractivity contribution in [1.29, 1.82) is 0 Å². The molecule has 0 aromatic rings. The third-order valence-electron chi connectivity index (χ3n) is 0.984. The highest BCUT2D eigenvalue weighted by molar-refractivity contribution is 4.50. The Bertz CT molecular complexity index is 39.1. The number of nitrogens with zero attached hydrogens (tertiary/aromatic N) is 1. The van der Waals surface area contributed by atoms with Gasteiger partial charge in [0, 0.05) is 6.04 Å². The monoisotopic (exact) mass is 102 g/mol. The summed E-state index contributed by atoms with van der Waals surface area (Å²) in [5.74, 6) is 0. The van der Waals surface area contributed by atoms with Crippen LogP contribution in [0.4, 0.5) is 0 Å². The summed E-state index contributed by atoms with van der Waals surface area (Å²) in [6.07, 6.45) is 1.01. The quantitative estimate of drug-likeness (QED) is 0.547. The average molecular weight is 102 g/mol. The molecule has 0 aromatic heterocycles. The molecule has 0 saturated heterocycles. The zero-order valence-electron chi connectivity index (χ0n) is 4.89. The third-order valence-corrected chi connectivity index (χ3v) is 0.984. The number of rotatable bonds is 3. The lowest BCUT2D eigenvalue weighted by atomic mass is 10.3. The number of aliphatic hydroxyl groups is 1. The predicted molar refractivity (Wildman–Crippen MR) is 29.0 cm³/mol. The largest absolute Gasteiger partial charge is 0.380 e. The highest BCUT2D eigenvalue weighted by Gasteiger charge is 1.93. The molecule has 2 heteroatoms. The van der Waals surface area contributed by atoms with Crippen LogP contribution in [-0.2, 0) is 0 Å². The van der Waals surface area contributed by atoms with Crippen molar-refractivity contribution < 1.29 is 5.11 Å². The normalized spacial score (nSPS) is 14.1. The van der Waals surface area contributed by atoms with Crippen LogP contribution in [0.3, 0.4) is 0 Å². The summed E-state index contributed by atoms with van der Waals surface area (Å²) in [5, 5.41) is 12.0. The van der Waals surface area contributed by atoms with E-state index in [-0.39, 0.29) is 6.73 Å². The molecule has 0 saturated carbocycles. The molecule has 0 spiro atoms. The van der Waals surface area contributed by atoms with E-state index in [0.29, 0.717) is 6.04 Å². The molecule has 0 aliphatic carbocycles. The van der Waals surface area contributed by atoms with Gasteiger partial charge in [-0.3, -0.25) is 0 Å². The van der Waals surface area contributed by atoms with E-state index in [2.05, 4.69) is 5.32 Å². The van der Waals surface area contributed by atoms with Crippen LogP contribution >= 0.6 is 0 Å². The molecular weight excluding hydrogens is 90.1 g/mol. The van der Waals surface area contributed by atoms with Gasteiger partial charge in [-0.15, -0.1) is 0 Å². The minimum Gasteiger partial charge on any atom is -0.380 e. The van der Waals surface area contributed by atoms with E-state index < -0.39 is 0 Å². The Morgan fingerprint density at radius 1 is 1.71 bits per heavy atom. The summed E-state index contributed by atoms with van der Waals surface area (Å²) >= 11 is 0. The summed E-state index contributed by atoms with van der Waals surface area (Å²) in [4.78, 5) is 0. The lowest BCUT2D eigenvalue weighted by Crippen LogP contribution is -2.17. The van der Waals surface area contributed by atoms with Gasteiger partial charge >= 0.3 is 0 Å². The van der Waals surface area contributed by atoms with Crippen LogP contribution < -0.4 is 5.32 Å². The van der Waals surface area contributed by atoms with Gasteiger partial charge in [0.15, 0.2) is 0 Å². The van der Waals surface area contributed by atoms with Crippen molar-refractivity contribution in [3.63, 3.8) is 0 Å². The zero-order valence-corrected chi connectivity index (χ0v) is 4.89. The number of hydrogen-bond acceptors (Lipinski definition) is 1. The van der Waals surface area contributed by atoms with E-state index in [9.17, 15) is 0 Å². The maximum Gasteiger partial charge on any atom is 0.109 e. The minimum absolute atomic E-state index is 0.0327. The first-order valence-corrected chi connectivity index (χ1v) is 2.58. The SMILES string of the molecule is CCC(C)[N]CO. The molecule has 0 fully saturated rings. The van der Waals surface area contributed by atoms with Crippen molar-refractivity contribution in [3.05, 3.63) is 0 Å². The van der Waals surface area contributed by atoms with Crippen LogP contribution in [0, 0.1) is 0 Å². The molecular formula is C5H12NO. The Hall–Kier alpha value is -0.0800. The molecule has 0 heterocycles. The van der Waals surface area contributed by atoms with Gasteiger partial charge in [0.05, 0.1) is 0 Å². The van der Waals surface area contributed by atoms with Gasteiger partial charge in [-0.2, -0.15) is 0 Å². The van der Waals surface area contributed by atoms with E-state index in [0.717, 1.165) is 6.42 Å². The Morgan fingerprint density at radius 3 is 2.43 bits per heavy atom. The highest BCUT2D eigenvalue weighted by Crippen LogP contribution is 1.86. The zero-order chi connectivity index (χ0) is 5.70. The van der Waals surface area contributed by atoms with Crippen LogP contribution in [0.15, 0.2) is 0 Å². The van der Waals surface area contributed by atoms with Gasteiger partial charge < -0.3 is 5.11 Å². The molecule has 1 atom stereocenters. The van der Waals surface area contributed by atoms with E-state index in [1.165, 1.54) is 0 Å². The maximum absolute atomic E-state index is 8.20. The lowest BCUT2D eigenvalue weighted by molar-refractivity contribution is 0.238. The van der Waals surface area contributed by atoms with Gasteiger partial charge in [0.2, 0.25) is 0 Å². The molecule has 0 bridgehead atoms. The van der Waals surface area contributed by atoms with Crippen LogP contribution in [0.2, 0.25) is 0 Å². The van der Waals surface area contributed by atoms with Crippen molar-refractivity contribution in [3.8, 4) is 0 Å². The van der Waals surface area contributed by atoms with E-state index in [4.69, 9.17) is 5.11 Å². The van der Waals surface area contributed by atoms with Crippen molar-refractivity contribution in [2.45, 2.75) is 26.3 Å². The lowest BCUT2D eigenvalue weighted by Gasteiger charge is -2.02. The second-order valence-electron chi connectivity index (χ2n) is 1.58. The molecule has 1 unspecified atom stereocenters. The van der Waals surface area contributed by atoms with Crippen molar-refractivity contribution in [1.82, 2.24) is 5.32 Å². The van der Waals surface area contributed by atoms with Gasteiger partial charge in [0.25, 0.3) is 0 Å². The Morgan fingerprint density at radius 2 is 2.29 bits per heavy atom. The third kappa shape index (κ3) is 3.76. The van der Waals surface area contributed by atoms with Crippen molar-refractivity contribution in [2.24, 2.45) is 0 Å². The molecule has 1 radical (unpaired) electrons. The van der Waals surface area contributed by atoms with Crippen LogP contribution in [0.1, 0.15) is 20.3 Å². The van der Waals surface area contributed by atoms with Crippen LogP contribution in [0.5, 0.6) is 0 Å². The standard InChI is InChI=1S/C5H12NO/c1-3-5(2)6-4-7/h5,7H,3-4H2,1-2H3. The Balaban J connectivity index is 2.83. The number of hydrogen-bond donors (Lipinski definition) is 1. The van der Waals surface area contributed by atoms with Crippen molar-refractivity contribution in [2.75, 3.05) is 6.73 Å². The second-order valence-corrected chi connectivity index (χ2v) is 1.58. The van der Waals surface area contributed by atoms with Crippen LogP contribution in [0.25, 0.3) is 0 Å². The summed E-state index contributed by atoms with van der Waals surface area (Å²) in [5.41, 5.74) is 0. The topological polar surface area (TPSA) is 34.3 Å². The maximum atomic E-state index is 8.20. The van der Waals surface area contributed by atoms with E-state index in [1.54, 1.807) is 0 Å². The van der Waals surface area contributed by atoms with Gasteiger partial charge in [0.1, 0.15) is 6.73 Å². The highest BCUT2D eigenvalue weighted by atomic mass is 16.3. The van der Waals surface area contributed by atoms with Crippen LogP contribution in [-0.4, -0.2) is 17.9 Å². The second kappa shape index (κ2) is 4.09. The molecule has 0 rings (SSSR count).